The Labute approximate surface area is 102 Å². The number of rotatable bonds is 4. The van der Waals surface area contributed by atoms with E-state index in [-0.39, 0.29) is 17.3 Å². The Kier molecular flexibility index (Phi) is 2.76. The molecule has 0 aliphatic heterocycles. The van der Waals surface area contributed by atoms with E-state index in [4.69, 9.17) is 5.11 Å². The second-order valence-corrected chi connectivity index (χ2v) is 5.97. The number of nitrogens with zero attached hydrogens (tertiary/aromatic N) is 2. The highest BCUT2D eigenvalue weighted by atomic mass is 16.4. The van der Waals surface area contributed by atoms with Crippen LogP contribution in [-0.4, -0.2) is 20.9 Å². The Balaban J connectivity index is 2.14. The number of carboxylic acids is 1. The zero-order valence-electron chi connectivity index (χ0n) is 10.8. The summed E-state index contributed by atoms with van der Waals surface area (Å²) in [6.07, 6.45) is 1.95. The maximum absolute atomic E-state index is 11.1. The van der Waals surface area contributed by atoms with Crippen molar-refractivity contribution < 1.29 is 9.90 Å². The van der Waals surface area contributed by atoms with Gasteiger partial charge in [0.2, 0.25) is 0 Å². The molecule has 0 radical (unpaired) electrons. The fourth-order valence-electron chi connectivity index (χ4n) is 2.67. The first-order chi connectivity index (χ1) is 7.84. The predicted octanol–water partition coefficient (Wildman–Crippen LogP) is 2.36. The highest BCUT2D eigenvalue weighted by Gasteiger charge is 2.63. The number of aliphatic carboxylic acids is 1. The fraction of sp³-hybridized carbons (Fsp3) is 0.692. The van der Waals surface area contributed by atoms with E-state index in [1.54, 1.807) is 0 Å². The van der Waals surface area contributed by atoms with Crippen LogP contribution in [0.25, 0.3) is 0 Å². The average molecular weight is 236 g/mol. The van der Waals surface area contributed by atoms with Crippen LogP contribution in [-0.2, 0) is 11.3 Å². The lowest BCUT2D eigenvalue weighted by molar-refractivity contribution is -0.139. The van der Waals surface area contributed by atoms with Crippen LogP contribution in [0, 0.1) is 17.3 Å². The lowest BCUT2D eigenvalue weighted by Gasteiger charge is -2.04. The van der Waals surface area contributed by atoms with Crippen molar-refractivity contribution in [2.75, 3.05) is 0 Å². The summed E-state index contributed by atoms with van der Waals surface area (Å²) in [5.41, 5.74) is 0.756. The van der Waals surface area contributed by atoms with Crippen molar-refractivity contribution in [3.8, 4) is 0 Å². The number of carbonyl (C=O) groups is 1. The van der Waals surface area contributed by atoms with Crippen LogP contribution < -0.4 is 0 Å². The molecule has 1 fully saturated rings. The van der Waals surface area contributed by atoms with Crippen LogP contribution >= 0.6 is 0 Å². The molecule has 2 atom stereocenters. The third-order valence-electron chi connectivity index (χ3n) is 3.63. The number of carboxylic acid groups (broad SMARTS) is 1. The molecule has 4 heteroatoms. The van der Waals surface area contributed by atoms with Gasteiger partial charge in [-0.15, -0.1) is 0 Å². The highest BCUT2D eigenvalue weighted by Crippen LogP contribution is 2.63. The van der Waals surface area contributed by atoms with Gasteiger partial charge in [-0.05, 0) is 17.4 Å². The summed E-state index contributed by atoms with van der Waals surface area (Å²) >= 11 is 0. The molecule has 0 amide bonds. The normalized spacial score (nSPS) is 26.2. The van der Waals surface area contributed by atoms with Crippen LogP contribution in [0.5, 0.6) is 0 Å². The van der Waals surface area contributed by atoms with Crippen molar-refractivity contribution in [3.05, 3.63) is 18.0 Å². The topological polar surface area (TPSA) is 55.1 Å². The standard InChI is InChI=1S/C13H20N2O2/c1-8(2)7-15-6-5-9(14-15)10-11(12(16)17)13(10,3)4/h5-6,8,10-11H,7H2,1-4H3,(H,16,17)/t10-,11+/m0/s1. The van der Waals surface area contributed by atoms with Crippen molar-refractivity contribution in [1.29, 1.82) is 0 Å². The summed E-state index contributed by atoms with van der Waals surface area (Å²) in [7, 11) is 0. The van der Waals surface area contributed by atoms with Crippen molar-refractivity contribution in [2.45, 2.75) is 40.2 Å². The van der Waals surface area contributed by atoms with Gasteiger partial charge in [0, 0.05) is 18.7 Å². The Morgan fingerprint density at radius 1 is 1.59 bits per heavy atom. The van der Waals surface area contributed by atoms with Gasteiger partial charge in [-0.1, -0.05) is 27.7 Å². The minimum atomic E-state index is -0.710. The summed E-state index contributed by atoms with van der Waals surface area (Å²) in [4.78, 5) is 11.1. The molecule has 1 heterocycles. The first kappa shape index (κ1) is 12.1. The Bertz CT molecular complexity index is 434. The molecule has 0 bridgehead atoms. The summed E-state index contributed by atoms with van der Waals surface area (Å²) in [6.45, 7) is 9.16. The monoisotopic (exact) mass is 236 g/mol. The minimum Gasteiger partial charge on any atom is -0.481 e. The summed E-state index contributed by atoms with van der Waals surface area (Å²) in [6, 6.07) is 1.96. The van der Waals surface area contributed by atoms with Crippen molar-refractivity contribution in [1.82, 2.24) is 9.78 Å². The summed E-state index contributed by atoms with van der Waals surface area (Å²) < 4.78 is 1.91. The van der Waals surface area contributed by atoms with Gasteiger partial charge in [-0.3, -0.25) is 9.48 Å². The van der Waals surface area contributed by atoms with E-state index in [9.17, 15) is 4.79 Å². The SMILES string of the molecule is CC(C)Cn1ccc([C@H]2[C@H](C(=O)O)C2(C)C)n1. The van der Waals surface area contributed by atoms with E-state index in [1.807, 2.05) is 30.8 Å². The van der Waals surface area contributed by atoms with E-state index in [0.717, 1.165) is 12.2 Å². The molecular weight excluding hydrogens is 216 g/mol. The zero-order chi connectivity index (χ0) is 12.8. The largest absolute Gasteiger partial charge is 0.481 e. The molecule has 0 spiro atoms. The summed E-state index contributed by atoms with van der Waals surface area (Å²) in [5, 5.41) is 13.6. The average Bonchev–Trinajstić information content (AvgIpc) is 2.54. The number of aromatic nitrogens is 2. The van der Waals surface area contributed by atoms with E-state index >= 15 is 0 Å². The molecule has 0 aromatic carbocycles. The third kappa shape index (κ3) is 2.08. The van der Waals surface area contributed by atoms with Gasteiger partial charge >= 0.3 is 5.97 Å². The van der Waals surface area contributed by atoms with Crippen LogP contribution in [0.2, 0.25) is 0 Å². The molecule has 17 heavy (non-hydrogen) atoms. The molecular formula is C13H20N2O2. The second-order valence-electron chi connectivity index (χ2n) is 5.97. The predicted molar refractivity (Wildman–Crippen MR) is 64.7 cm³/mol. The van der Waals surface area contributed by atoms with E-state index in [1.165, 1.54) is 0 Å². The van der Waals surface area contributed by atoms with Gasteiger partial charge in [0.25, 0.3) is 0 Å². The van der Waals surface area contributed by atoms with Crippen LogP contribution in [0.1, 0.15) is 39.3 Å². The van der Waals surface area contributed by atoms with E-state index in [2.05, 4.69) is 18.9 Å². The van der Waals surface area contributed by atoms with Crippen molar-refractivity contribution >= 4 is 5.97 Å². The molecule has 0 unspecified atom stereocenters. The minimum absolute atomic E-state index is 0.0633. The van der Waals surface area contributed by atoms with Crippen molar-refractivity contribution in [3.63, 3.8) is 0 Å². The first-order valence-corrected chi connectivity index (χ1v) is 6.10. The van der Waals surface area contributed by atoms with Gasteiger partial charge in [-0.2, -0.15) is 5.10 Å². The lowest BCUT2D eigenvalue weighted by atomic mass is 10.1. The molecule has 1 saturated carbocycles. The molecule has 1 aliphatic rings. The smallest absolute Gasteiger partial charge is 0.307 e. The molecule has 4 nitrogen and oxygen atoms in total. The lowest BCUT2D eigenvalue weighted by Crippen LogP contribution is -2.05. The van der Waals surface area contributed by atoms with Gasteiger partial charge < -0.3 is 5.11 Å². The van der Waals surface area contributed by atoms with Gasteiger partial charge in [-0.25, -0.2) is 0 Å². The Morgan fingerprint density at radius 3 is 2.71 bits per heavy atom. The van der Waals surface area contributed by atoms with Crippen LogP contribution in [0.15, 0.2) is 12.3 Å². The van der Waals surface area contributed by atoms with Gasteiger partial charge in [0.05, 0.1) is 11.6 Å². The number of hydrogen-bond donors (Lipinski definition) is 1. The molecule has 1 aliphatic carbocycles. The molecule has 1 N–H and O–H groups in total. The van der Waals surface area contributed by atoms with Crippen LogP contribution in [0.4, 0.5) is 0 Å². The molecule has 1 aromatic heterocycles. The first-order valence-electron chi connectivity index (χ1n) is 6.10. The third-order valence-corrected chi connectivity index (χ3v) is 3.63. The maximum Gasteiger partial charge on any atom is 0.307 e. The van der Waals surface area contributed by atoms with E-state index in [0.29, 0.717) is 5.92 Å². The molecule has 0 saturated heterocycles. The van der Waals surface area contributed by atoms with Crippen LogP contribution in [0.3, 0.4) is 0 Å². The van der Waals surface area contributed by atoms with Gasteiger partial charge in [0.15, 0.2) is 0 Å². The molecule has 94 valence electrons. The quantitative estimate of drug-likeness (QED) is 0.873. The van der Waals surface area contributed by atoms with E-state index < -0.39 is 5.97 Å². The molecule has 2 rings (SSSR count). The fourth-order valence-corrected chi connectivity index (χ4v) is 2.67. The Morgan fingerprint density at radius 2 is 2.24 bits per heavy atom. The second kappa shape index (κ2) is 3.86. The molecule has 1 aromatic rings. The summed E-state index contributed by atoms with van der Waals surface area (Å²) in [5.74, 6) is -0.387. The number of hydrogen-bond acceptors (Lipinski definition) is 2. The highest BCUT2D eigenvalue weighted by molar-refractivity contribution is 5.77. The maximum atomic E-state index is 11.1. The van der Waals surface area contributed by atoms with Crippen molar-refractivity contribution in [2.24, 2.45) is 17.3 Å². The van der Waals surface area contributed by atoms with Gasteiger partial charge in [0.1, 0.15) is 0 Å². The zero-order valence-corrected chi connectivity index (χ0v) is 10.8. The Hall–Kier alpha value is -1.32.